The SMILES string of the molecule is COc1ccc(-c2cc(=O)c3cc(OC)c(C(C)(C)C)cc3o2)cc1OC. The lowest BCUT2D eigenvalue weighted by atomic mass is 9.86. The minimum absolute atomic E-state index is 0.125. The van der Waals surface area contributed by atoms with Crippen LogP contribution in [0.5, 0.6) is 17.2 Å². The van der Waals surface area contributed by atoms with Gasteiger partial charge in [0.2, 0.25) is 0 Å². The number of benzene rings is 2. The van der Waals surface area contributed by atoms with Crippen molar-refractivity contribution >= 4 is 11.0 Å². The zero-order valence-electron chi connectivity index (χ0n) is 16.5. The molecule has 1 aromatic heterocycles. The van der Waals surface area contributed by atoms with E-state index in [-0.39, 0.29) is 10.8 Å². The molecule has 1 heterocycles. The van der Waals surface area contributed by atoms with Crippen molar-refractivity contribution in [3.63, 3.8) is 0 Å². The van der Waals surface area contributed by atoms with Gasteiger partial charge in [-0.05, 0) is 35.7 Å². The van der Waals surface area contributed by atoms with Crippen molar-refractivity contribution < 1.29 is 18.6 Å². The summed E-state index contributed by atoms with van der Waals surface area (Å²) < 4.78 is 22.2. The van der Waals surface area contributed by atoms with Crippen molar-refractivity contribution in [3.05, 3.63) is 52.2 Å². The molecule has 5 nitrogen and oxygen atoms in total. The second kappa shape index (κ2) is 6.99. The van der Waals surface area contributed by atoms with E-state index in [1.54, 1.807) is 39.5 Å². The quantitative estimate of drug-likeness (QED) is 0.663. The monoisotopic (exact) mass is 368 g/mol. The Balaban J connectivity index is 2.23. The molecular weight excluding hydrogens is 344 g/mol. The van der Waals surface area contributed by atoms with Crippen molar-refractivity contribution in [2.45, 2.75) is 26.2 Å². The molecular formula is C22H24O5. The maximum absolute atomic E-state index is 12.7. The van der Waals surface area contributed by atoms with Crippen LogP contribution in [0, 0.1) is 0 Å². The number of rotatable bonds is 4. The molecule has 142 valence electrons. The van der Waals surface area contributed by atoms with Crippen LogP contribution in [0.2, 0.25) is 0 Å². The molecule has 0 spiro atoms. The molecule has 0 atom stereocenters. The third-order valence-electron chi connectivity index (χ3n) is 4.53. The van der Waals surface area contributed by atoms with Gasteiger partial charge in [0.1, 0.15) is 17.1 Å². The van der Waals surface area contributed by atoms with Crippen LogP contribution in [-0.2, 0) is 5.41 Å². The highest BCUT2D eigenvalue weighted by atomic mass is 16.5. The third kappa shape index (κ3) is 3.50. The Bertz CT molecular complexity index is 1040. The van der Waals surface area contributed by atoms with Crippen LogP contribution in [0.1, 0.15) is 26.3 Å². The summed E-state index contributed by atoms with van der Waals surface area (Å²) in [7, 11) is 4.76. The third-order valence-corrected chi connectivity index (χ3v) is 4.53. The predicted octanol–water partition coefficient (Wildman–Crippen LogP) is 4.78. The van der Waals surface area contributed by atoms with E-state index >= 15 is 0 Å². The zero-order chi connectivity index (χ0) is 19.8. The minimum Gasteiger partial charge on any atom is -0.496 e. The Morgan fingerprint density at radius 2 is 1.48 bits per heavy atom. The first kappa shape index (κ1) is 18.8. The normalized spacial score (nSPS) is 11.5. The van der Waals surface area contributed by atoms with Crippen molar-refractivity contribution in [1.82, 2.24) is 0 Å². The van der Waals surface area contributed by atoms with Gasteiger partial charge in [-0.3, -0.25) is 4.79 Å². The van der Waals surface area contributed by atoms with E-state index in [1.165, 1.54) is 6.07 Å². The van der Waals surface area contributed by atoms with Gasteiger partial charge >= 0.3 is 0 Å². The minimum atomic E-state index is -0.155. The molecule has 3 aromatic rings. The van der Waals surface area contributed by atoms with E-state index in [9.17, 15) is 4.79 Å². The number of hydrogen-bond donors (Lipinski definition) is 0. The van der Waals surface area contributed by atoms with Gasteiger partial charge in [-0.2, -0.15) is 0 Å². The lowest BCUT2D eigenvalue weighted by molar-refractivity contribution is 0.355. The standard InChI is InChI=1S/C22H24O5/c1-22(2,3)15-11-19-14(10-20(15)25-5)16(23)12-18(27-19)13-7-8-17(24-4)21(9-13)26-6/h7-12H,1-6H3. The summed E-state index contributed by atoms with van der Waals surface area (Å²) in [5.41, 5.74) is 1.96. The molecule has 0 saturated carbocycles. The lowest BCUT2D eigenvalue weighted by Crippen LogP contribution is -2.13. The van der Waals surface area contributed by atoms with Crippen LogP contribution < -0.4 is 19.6 Å². The fraction of sp³-hybridized carbons (Fsp3) is 0.318. The Labute approximate surface area is 158 Å². The van der Waals surface area contributed by atoms with Crippen LogP contribution in [0.3, 0.4) is 0 Å². The molecule has 3 rings (SSSR count). The molecule has 0 bridgehead atoms. The van der Waals surface area contributed by atoms with Crippen LogP contribution in [-0.4, -0.2) is 21.3 Å². The zero-order valence-corrected chi connectivity index (χ0v) is 16.5. The van der Waals surface area contributed by atoms with E-state index in [0.29, 0.717) is 34.0 Å². The number of methoxy groups -OCH3 is 3. The molecule has 0 fully saturated rings. The van der Waals surface area contributed by atoms with Crippen LogP contribution in [0.25, 0.3) is 22.3 Å². The molecule has 5 heteroatoms. The Hall–Kier alpha value is -2.95. The van der Waals surface area contributed by atoms with E-state index < -0.39 is 0 Å². The lowest BCUT2D eigenvalue weighted by Gasteiger charge is -2.22. The first-order chi connectivity index (χ1) is 12.8. The van der Waals surface area contributed by atoms with Gasteiger partial charge in [0.25, 0.3) is 0 Å². The summed E-state index contributed by atoms with van der Waals surface area (Å²) in [6, 6.07) is 10.5. The van der Waals surface area contributed by atoms with E-state index in [4.69, 9.17) is 18.6 Å². The first-order valence-electron chi connectivity index (χ1n) is 8.67. The van der Waals surface area contributed by atoms with Gasteiger partial charge < -0.3 is 18.6 Å². The Kier molecular flexibility index (Phi) is 4.87. The molecule has 0 aliphatic heterocycles. The maximum atomic E-state index is 12.7. The van der Waals surface area contributed by atoms with Gasteiger partial charge in [-0.25, -0.2) is 0 Å². The second-order valence-electron chi connectivity index (χ2n) is 7.34. The van der Waals surface area contributed by atoms with Crippen molar-refractivity contribution in [3.8, 4) is 28.6 Å². The van der Waals surface area contributed by atoms with Gasteiger partial charge in [-0.15, -0.1) is 0 Å². The van der Waals surface area contributed by atoms with Gasteiger partial charge in [0.05, 0.1) is 26.7 Å². The van der Waals surface area contributed by atoms with Crippen molar-refractivity contribution in [2.24, 2.45) is 0 Å². The fourth-order valence-electron chi connectivity index (χ4n) is 3.07. The number of fused-ring (bicyclic) bond motifs is 1. The average Bonchev–Trinajstić information content (AvgIpc) is 2.65. The van der Waals surface area contributed by atoms with E-state index in [0.717, 1.165) is 11.1 Å². The van der Waals surface area contributed by atoms with Crippen LogP contribution in [0.4, 0.5) is 0 Å². The molecule has 0 radical (unpaired) electrons. The molecule has 0 amide bonds. The first-order valence-corrected chi connectivity index (χ1v) is 8.67. The van der Waals surface area contributed by atoms with Crippen LogP contribution in [0.15, 0.2) is 45.6 Å². The largest absolute Gasteiger partial charge is 0.496 e. The number of ether oxygens (including phenoxy) is 3. The highest BCUT2D eigenvalue weighted by Gasteiger charge is 2.21. The summed E-state index contributed by atoms with van der Waals surface area (Å²) in [5.74, 6) is 2.34. The molecule has 27 heavy (non-hydrogen) atoms. The topological polar surface area (TPSA) is 57.9 Å². The molecule has 0 N–H and O–H groups in total. The van der Waals surface area contributed by atoms with Crippen molar-refractivity contribution in [2.75, 3.05) is 21.3 Å². The Morgan fingerprint density at radius 3 is 2.07 bits per heavy atom. The van der Waals surface area contributed by atoms with E-state index in [1.807, 2.05) is 12.1 Å². The predicted molar refractivity (Wildman–Crippen MR) is 106 cm³/mol. The highest BCUT2D eigenvalue weighted by Crippen LogP contribution is 2.36. The van der Waals surface area contributed by atoms with Gasteiger partial charge in [0.15, 0.2) is 16.9 Å². The summed E-state index contributed by atoms with van der Waals surface area (Å²) in [6.45, 7) is 6.27. The molecule has 0 aliphatic carbocycles. The van der Waals surface area contributed by atoms with E-state index in [2.05, 4.69) is 20.8 Å². The molecule has 2 aromatic carbocycles. The summed E-state index contributed by atoms with van der Waals surface area (Å²) >= 11 is 0. The molecule has 0 saturated heterocycles. The Morgan fingerprint density at radius 1 is 0.815 bits per heavy atom. The molecule has 0 aliphatic rings. The summed E-state index contributed by atoms with van der Waals surface area (Å²) in [6.07, 6.45) is 0. The second-order valence-corrected chi connectivity index (χ2v) is 7.34. The van der Waals surface area contributed by atoms with Crippen molar-refractivity contribution in [1.29, 1.82) is 0 Å². The maximum Gasteiger partial charge on any atom is 0.193 e. The summed E-state index contributed by atoms with van der Waals surface area (Å²) in [4.78, 5) is 12.7. The van der Waals surface area contributed by atoms with Crippen LogP contribution >= 0.6 is 0 Å². The fourth-order valence-corrected chi connectivity index (χ4v) is 3.07. The van der Waals surface area contributed by atoms with Gasteiger partial charge in [0, 0.05) is 17.2 Å². The molecule has 0 unspecified atom stereocenters. The summed E-state index contributed by atoms with van der Waals surface area (Å²) in [5, 5.41) is 0.490. The highest BCUT2D eigenvalue weighted by molar-refractivity contribution is 5.82. The van der Waals surface area contributed by atoms with Gasteiger partial charge in [-0.1, -0.05) is 20.8 Å². The number of hydrogen-bond acceptors (Lipinski definition) is 5. The smallest absolute Gasteiger partial charge is 0.193 e. The average molecular weight is 368 g/mol.